The van der Waals surface area contributed by atoms with Crippen LogP contribution in [-0.4, -0.2) is 47.4 Å². The smallest absolute Gasteiger partial charge is 0.254 e. The molecule has 2 amide bonds. The minimum atomic E-state index is -0.515. The molecular formula is C23H24N4O3. The highest BCUT2D eigenvalue weighted by Gasteiger charge is 2.42. The van der Waals surface area contributed by atoms with Crippen molar-refractivity contribution in [3.8, 4) is 5.75 Å². The lowest BCUT2D eigenvalue weighted by Gasteiger charge is -2.39. The fraction of sp³-hybridized carbons (Fsp3) is 0.261. The molecule has 7 heteroatoms. The number of likely N-dealkylation sites (N-methyl/N-ethyl adjacent to an activating group) is 1. The first-order valence-corrected chi connectivity index (χ1v) is 9.85. The molecular weight excluding hydrogens is 380 g/mol. The van der Waals surface area contributed by atoms with Gasteiger partial charge in [-0.1, -0.05) is 30.3 Å². The number of hydrogen-bond acceptors (Lipinski definition) is 4. The molecule has 0 fully saturated rings. The summed E-state index contributed by atoms with van der Waals surface area (Å²) in [5.41, 5.74) is 3.16. The molecule has 0 saturated heterocycles. The number of methoxy groups -OCH3 is 1. The van der Waals surface area contributed by atoms with Crippen LogP contribution in [0.3, 0.4) is 0 Å². The van der Waals surface area contributed by atoms with Crippen molar-refractivity contribution in [3.63, 3.8) is 0 Å². The van der Waals surface area contributed by atoms with Crippen LogP contribution in [-0.2, 0) is 11.2 Å². The van der Waals surface area contributed by atoms with E-state index >= 15 is 0 Å². The number of fused-ring (bicyclic) bond motifs is 1. The van der Waals surface area contributed by atoms with Crippen LogP contribution < -0.4 is 10.1 Å². The number of nitrogens with one attached hydrogen (secondary N) is 2. The van der Waals surface area contributed by atoms with Gasteiger partial charge in [0.25, 0.3) is 5.91 Å². The summed E-state index contributed by atoms with van der Waals surface area (Å²) in [4.78, 5) is 35.1. The SMILES string of the molecule is COc1ccc([C@@H]2[C@H](C(=O)NCCc3cnc[nH]3)c3ccccc3C(=O)N2C)cc1. The number of hydrogen-bond donors (Lipinski definition) is 2. The summed E-state index contributed by atoms with van der Waals surface area (Å²) < 4.78 is 5.26. The van der Waals surface area contributed by atoms with Gasteiger partial charge in [-0.25, -0.2) is 4.98 Å². The van der Waals surface area contributed by atoms with Gasteiger partial charge in [-0.2, -0.15) is 0 Å². The molecule has 1 aliphatic rings. The molecule has 3 aromatic rings. The molecule has 154 valence electrons. The molecule has 30 heavy (non-hydrogen) atoms. The van der Waals surface area contributed by atoms with Gasteiger partial charge in [-0.3, -0.25) is 9.59 Å². The Bertz CT molecular complexity index is 1030. The van der Waals surface area contributed by atoms with Crippen molar-refractivity contribution in [3.05, 3.63) is 83.4 Å². The van der Waals surface area contributed by atoms with Crippen molar-refractivity contribution in [2.75, 3.05) is 20.7 Å². The first-order chi connectivity index (χ1) is 14.6. The molecule has 2 aromatic carbocycles. The topological polar surface area (TPSA) is 87.3 Å². The van der Waals surface area contributed by atoms with Crippen LogP contribution in [0.1, 0.15) is 39.1 Å². The van der Waals surface area contributed by atoms with Crippen molar-refractivity contribution in [2.45, 2.75) is 18.4 Å². The molecule has 1 aromatic heterocycles. The Labute approximate surface area is 175 Å². The van der Waals surface area contributed by atoms with E-state index in [0.717, 1.165) is 22.6 Å². The molecule has 4 rings (SSSR count). The Balaban J connectivity index is 1.66. The second-order valence-corrected chi connectivity index (χ2v) is 7.32. The molecule has 7 nitrogen and oxygen atoms in total. The summed E-state index contributed by atoms with van der Waals surface area (Å²) in [6, 6.07) is 14.4. The van der Waals surface area contributed by atoms with Crippen molar-refractivity contribution in [2.24, 2.45) is 0 Å². The zero-order valence-electron chi connectivity index (χ0n) is 17.0. The van der Waals surface area contributed by atoms with Crippen LogP contribution in [0.5, 0.6) is 5.75 Å². The second-order valence-electron chi connectivity index (χ2n) is 7.32. The lowest BCUT2D eigenvalue weighted by Crippen LogP contribution is -2.46. The standard InChI is InChI=1S/C23H24N4O3/c1-27-21(15-7-9-17(30-2)10-8-15)20(18-5-3-4-6-19(18)23(27)29)22(28)25-12-11-16-13-24-14-26-16/h3-10,13-14,20-21H,11-12H2,1-2H3,(H,24,26)(H,25,28)/t20-,21-/m1/s1. The molecule has 2 heterocycles. The van der Waals surface area contributed by atoms with E-state index in [2.05, 4.69) is 15.3 Å². The molecule has 2 atom stereocenters. The number of rotatable bonds is 6. The Kier molecular flexibility index (Phi) is 5.52. The third-order valence-electron chi connectivity index (χ3n) is 5.57. The number of aromatic amines is 1. The maximum Gasteiger partial charge on any atom is 0.254 e. The number of nitrogens with zero attached hydrogens (tertiary/aromatic N) is 2. The van der Waals surface area contributed by atoms with Crippen LogP contribution in [0.4, 0.5) is 0 Å². The van der Waals surface area contributed by atoms with Crippen LogP contribution in [0, 0.1) is 0 Å². The summed E-state index contributed by atoms with van der Waals surface area (Å²) in [5.74, 6) is 0.0126. The Morgan fingerprint density at radius 2 is 1.97 bits per heavy atom. The first kappa shape index (κ1) is 19.7. The normalized spacial score (nSPS) is 18.1. The lowest BCUT2D eigenvalue weighted by atomic mass is 9.79. The van der Waals surface area contributed by atoms with Gasteiger partial charge >= 0.3 is 0 Å². The molecule has 0 radical (unpaired) electrons. The summed E-state index contributed by atoms with van der Waals surface area (Å²) in [7, 11) is 3.36. The van der Waals surface area contributed by atoms with Gasteiger partial charge in [0.15, 0.2) is 0 Å². The van der Waals surface area contributed by atoms with Gasteiger partial charge in [0.05, 0.1) is 25.4 Å². The number of aromatic nitrogens is 2. The second kappa shape index (κ2) is 8.41. The average molecular weight is 404 g/mol. The molecule has 0 bridgehead atoms. The predicted octanol–water partition coefficient (Wildman–Crippen LogP) is 2.69. The number of ether oxygens (including phenoxy) is 1. The van der Waals surface area contributed by atoms with E-state index in [-0.39, 0.29) is 11.8 Å². The van der Waals surface area contributed by atoms with Crippen LogP contribution in [0.15, 0.2) is 61.1 Å². The van der Waals surface area contributed by atoms with E-state index in [1.54, 1.807) is 37.6 Å². The summed E-state index contributed by atoms with van der Waals surface area (Å²) in [6.07, 6.45) is 4.02. The number of benzene rings is 2. The molecule has 0 spiro atoms. The third-order valence-corrected chi connectivity index (χ3v) is 5.57. The highest BCUT2D eigenvalue weighted by molar-refractivity contribution is 6.01. The van der Waals surface area contributed by atoms with Gasteiger partial charge in [0, 0.05) is 37.5 Å². The molecule has 0 unspecified atom stereocenters. The molecule has 0 aliphatic carbocycles. The van der Waals surface area contributed by atoms with E-state index in [0.29, 0.717) is 18.5 Å². The number of H-pyrrole nitrogens is 1. The lowest BCUT2D eigenvalue weighted by molar-refractivity contribution is -0.124. The zero-order valence-corrected chi connectivity index (χ0v) is 17.0. The predicted molar refractivity (Wildman–Crippen MR) is 112 cm³/mol. The quantitative estimate of drug-likeness (QED) is 0.661. The Morgan fingerprint density at radius 3 is 2.67 bits per heavy atom. The largest absolute Gasteiger partial charge is 0.497 e. The maximum absolute atomic E-state index is 13.3. The van der Waals surface area contributed by atoms with E-state index in [4.69, 9.17) is 4.74 Å². The summed E-state index contributed by atoms with van der Waals surface area (Å²) in [5, 5.41) is 3.04. The van der Waals surface area contributed by atoms with Gasteiger partial charge in [0.2, 0.25) is 5.91 Å². The molecule has 0 saturated carbocycles. The Morgan fingerprint density at radius 1 is 1.20 bits per heavy atom. The van der Waals surface area contributed by atoms with Gasteiger partial charge in [-0.15, -0.1) is 0 Å². The van der Waals surface area contributed by atoms with Crippen molar-refractivity contribution < 1.29 is 14.3 Å². The van der Waals surface area contributed by atoms with E-state index in [9.17, 15) is 9.59 Å². The summed E-state index contributed by atoms with van der Waals surface area (Å²) in [6.45, 7) is 0.479. The van der Waals surface area contributed by atoms with Crippen LogP contribution >= 0.6 is 0 Å². The van der Waals surface area contributed by atoms with E-state index in [1.165, 1.54) is 0 Å². The summed E-state index contributed by atoms with van der Waals surface area (Å²) >= 11 is 0. The zero-order chi connectivity index (χ0) is 21.1. The fourth-order valence-corrected chi connectivity index (χ4v) is 4.03. The Hall–Kier alpha value is -3.61. The third kappa shape index (κ3) is 3.66. The highest BCUT2D eigenvalue weighted by Crippen LogP contribution is 2.42. The van der Waals surface area contributed by atoms with Gasteiger partial charge in [0.1, 0.15) is 5.75 Å². The first-order valence-electron chi connectivity index (χ1n) is 9.85. The van der Waals surface area contributed by atoms with E-state index < -0.39 is 12.0 Å². The maximum atomic E-state index is 13.3. The van der Waals surface area contributed by atoms with Crippen LogP contribution in [0.2, 0.25) is 0 Å². The number of carbonyl (C=O) groups excluding carboxylic acids is 2. The minimum absolute atomic E-state index is 0.0899. The fourth-order valence-electron chi connectivity index (χ4n) is 4.03. The van der Waals surface area contributed by atoms with Crippen LogP contribution in [0.25, 0.3) is 0 Å². The van der Waals surface area contributed by atoms with Crippen molar-refractivity contribution in [1.29, 1.82) is 0 Å². The number of carbonyl (C=O) groups is 2. The molecule has 1 aliphatic heterocycles. The van der Waals surface area contributed by atoms with Gasteiger partial charge in [-0.05, 0) is 29.3 Å². The van der Waals surface area contributed by atoms with Crippen molar-refractivity contribution in [1.82, 2.24) is 20.2 Å². The highest BCUT2D eigenvalue weighted by atomic mass is 16.5. The monoisotopic (exact) mass is 404 g/mol. The number of imidazole rings is 1. The van der Waals surface area contributed by atoms with Crippen molar-refractivity contribution >= 4 is 11.8 Å². The van der Waals surface area contributed by atoms with E-state index in [1.807, 2.05) is 42.5 Å². The molecule has 2 N–H and O–H groups in total. The van der Waals surface area contributed by atoms with Gasteiger partial charge < -0.3 is 19.9 Å². The number of amides is 2. The average Bonchev–Trinajstić information content (AvgIpc) is 3.29. The minimum Gasteiger partial charge on any atom is -0.497 e.